The Labute approximate surface area is 112 Å². The van der Waals surface area contributed by atoms with E-state index in [0.29, 0.717) is 15.6 Å². The van der Waals surface area contributed by atoms with Crippen molar-refractivity contribution in [3.63, 3.8) is 0 Å². The van der Waals surface area contributed by atoms with Gasteiger partial charge in [-0.25, -0.2) is 14.2 Å². The van der Waals surface area contributed by atoms with Gasteiger partial charge < -0.3 is 4.74 Å². The van der Waals surface area contributed by atoms with Crippen molar-refractivity contribution in [3.05, 3.63) is 39.6 Å². The summed E-state index contributed by atoms with van der Waals surface area (Å²) in [4.78, 5) is 16.0. The Bertz CT molecular complexity index is 612. The molecule has 0 aliphatic carbocycles. The van der Waals surface area contributed by atoms with E-state index in [0.717, 1.165) is 11.3 Å². The van der Waals surface area contributed by atoms with Crippen LogP contribution in [0.15, 0.2) is 18.2 Å². The third-order valence-corrected chi connectivity index (χ3v) is 3.81. The summed E-state index contributed by atoms with van der Waals surface area (Å²) < 4.78 is 18.5. The van der Waals surface area contributed by atoms with Crippen molar-refractivity contribution in [2.45, 2.75) is 6.92 Å². The highest BCUT2D eigenvalue weighted by Gasteiger charge is 2.19. The summed E-state index contributed by atoms with van der Waals surface area (Å²) in [6.45, 7) is 1.68. The van der Waals surface area contributed by atoms with Crippen molar-refractivity contribution in [1.82, 2.24) is 4.98 Å². The number of esters is 1. The third kappa shape index (κ3) is 2.23. The van der Waals surface area contributed by atoms with Gasteiger partial charge in [0.1, 0.15) is 9.88 Å². The molecule has 1 aromatic carbocycles. The molecular weight excluding hydrogens is 277 g/mol. The monoisotopic (exact) mass is 285 g/mol. The molecule has 0 bridgehead atoms. The molecular formula is C12H9ClFNO2S. The molecule has 0 fully saturated rings. The first-order valence-corrected chi connectivity index (χ1v) is 6.24. The van der Waals surface area contributed by atoms with Crippen LogP contribution < -0.4 is 0 Å². The number of benzene rings is 1. The van der Waals surface area contributed by atoms with Crippen LogP contribution in [0.5, 0.6) is 0 Å². The van der Waals surface area contributed by atoms with Crippen LogP contribution >= 0.6 is 22.9 Å². The first kappa shape index (κ1) is 13.0. The van der Waals surface area contributed by atoms with Crippen molar-refractivity contribution < 1.29 is 13.9 Å². The summed E-state index contributed by atoms with van der Waals surface area (Å²) in [6.07, 6.45) is 0. The number of nitrogens with zero attached hydrogens (tertiary/aromatic N) is 1. The van der Waals surface area contributed by atoms with Crippen molar-refractivity contribution in [2.75, 3.05) is 7.11 Å². The van der Waals surface area contributed by atoms with E-state index in [4.69, 9.17) is 11.6 Å². The normalized spacial score (nSPS) is 10.4. The lowest BCUT2D eigenvalue weighted by Crippen LogP contribution is -1.99. The van der Waals surface area contributed by atoms with Crippen LogP contribution in [0.2, 0.25) is 5.02 Å². The number of hydrogen-bond acceptors (Lipinski definition) is 4. The fraction of sp³-hybridized carbons (Fsp3) is 0.167. The summed E-state index contributed by atoms with van der Waals surface area (Å²) in [5.41, 5.74) is 0.798. The Morgan fingerprint density at radius 3 is 2.89 bits per heavy atom. The highest BCUT2D eigenvalue weighted by molar-refractivity contribution is 7.17. The topological polar surface area (TPSA) is 39.2 Å². The molecule has 0 saturated carbocycles. The number of halogens is 2. The van der Waals surface area contributed by atoms with Crippen molar-refractivity contribution in [3.8, 4) is 10.6 Å². The number of carbonyl (C=O) groups is 1. The van der Waals surface area contributed by atoms with Gasteiger partial charge in [0.05, 0.1) is 17.8 Å². The largest absolute Gasteiger partial charge is 0.465 e. The van der Waals surface area contributed by atoms with Crippen LogP contribution in [0.25, 0.3) is 10.6 Å². The molecule has 18 heavy (non-hydrogen) atoms. The van der Waals surface area contributed by atoms with Crippen LogP contribution in [0, 0.1) is 12.7 Å². The maximum Gasteiger partial charge on any atom is 0.349 e. The van der Waals surface area contributed by atoms with Gasteiger partial charge in [-0.1, -0.05) is 17.7 Å². The molecule has 0 N–H and O–H groups in total. The molecule has 0 unspecified atom stereocenters. The zero-order valence-electron chi connectivity index (χ0n) is 9.66. The maximum atomic E-state index is 13.8. The second-order valence-corrected chi connectivity index (χ2v) is 4.93. The number of rotatable bonds is 2. The predicted molar refractivity (Wildman–Crippen MR) is 68.6 cm³/mol. The SMILES string of the molecule is COC(=O)c1sc(-c2cccc(Cl)c2F)nc1C. The van der Waals surface area contributed by atoms with Gasteiger partial charge in [-0.05, 0) is 19.1 Å². The lowest BCUT2D eigenvalue weighted by Gasteiger charge is -1.99. The van der Waals surface area contributed by atoms with E-state index < -0.39 is 11.8 Å². The fourth-order valence-corrected chi connectivity index (χ4v) is 2.64. The van der Waals surface area contributed by atoms with E-state index in [1.165, 1.54) is 13.2 Å². The molecule has 2 rings (SSSR count). The van der Waals surface area contributed by atoms with Gasteiger partial charge in [-0.3, -0.25) is 0 Å². The van der Waals surface area contributed by atoms with Gasteiger partial charge in [0.15, 0.2) is 5.82 Å². The molecule has 0 radical (unpaired) electrons. The Hall–Kier alpha value is -1.46. The minimum Gasteiger partial charge on any atom is -0.465 e. The van der Waals surface area contributed by atoms with Gasteiger partial charge in [0.25, 0.3) is 0 Å². The molecule has 6 heteroatoms. The van der Waals surface area contributed by atoms with Gasteiger partial charge in [0, 0.05) is 5.56 Å². The Kier molecular flexibility index (Phi) is 3.63. The maximum absolute atomic E-state index is 13.8. The number of methoxy groups -OCH3 is 1. The lowest BCUT2D eigenvalue weighted by atomic mass is 10.2. The number of hydrogen-bond donors (Lipinski definition) is 0. The smallest absolute Gasteiger partial charge is 0.349 e. The van der Waals surface area contributed by atoms with E-state index in [2.05, 4.69) is 9.72 Å². The molecule has 0 aliphatic rings. The number of aryl methyl sites for hydroxylation is 1. The van der Waals surface area contributed by atoms with Crippen LogP contribution in [0.1, 0.15) is 15.4 Å². The van der Waals surface area contributed by atoms with Crippen LogP contribution in [-0.4, -0.2) is 18.1 Å². The standard InChI is InChI=1S/C12H9ClFNO2S/c1-6-10(12(16)17-2)18-11(15-6)7-4-3-5-8(13)9(7)14/h3-5H,1-2H3. The first-order valence-electron chi connectivity index (χ1n) is 5.04. The van der Waals surface area contributed by atoms with E-state index in [9.17, 15) is 9.18 Å². The summed E-state index contributed by atoms with van der Waals surface area (Å²) in [5, 5.41) is 0.438. The molecule has 0 saturated heterocycles. The number of thiazole rings is 1. The second kappa shape index (κ2) is 5.04. The first-order chi connectivity index (χ1) is 8.54. The second-order valence-electron chi connectivity index (χ2n) is 3.53. The minimum absolute atomic E-state index is 0.0278. The van der Waals surface area contributed by atoms with E-state index in [1.807, 2.05) is 0 Å². The zero-order chi connectivity index (χ0) is 13.3. The van der Waals surface area contributed by atoms with E-state index in [-0.39, 0.29) is 10.6 Å². The molecule has 3 nitrogen and oxygen atoms in total. The Balaban J connectivity index is 2.53. The molecule has 1 heterocycles. The average Bonchev–Trinajstić information content (AvgIpc) is 2.73. The Morgan fingerprint density at radius 2 is 2.22 bits per heavy atom. The summed E-state index contributed by atoms with van der Waals surface area (Å²) in [7, 11) is 1.29. The number of ether oxygens (including phenoxy) is 1. The highest BCUT2D eigenvalue weighted by Crippen LogP contribution is 2.32. The van der Waals surface area contributed by atoms with Crippen LogP contribution in [0.4, 0.5) is 4.39 Å². The third-order valence-electron chi connectivity index (χ3n) is 2.35. The molecule has 0 aliphatic heterocycles. The van der Waals surface area contributed by atoms with Crippen LogP contribution in [-0.2, 0) is 4.74 Å². The Morgan fingerprint density at radius 1 is 1.50 bits per heavy atom. The average molecular weight is 286 g/mol. The molecule has 1 aromatic heterocycles. The lowest BCUT2D eigenvalue weighted by molar-refractivity contribution is 0.0605. The van der Waals surface area contributed by atoms with Crippen molar-refractivity contribution >= 4 is 28.9 Å². The number of aromatic nitrogens is 1. The highest BCUT2D eigenvalue weighted by atomic mass is 35.5. The van der Waals surface area contributed by atoms with Crippen LogP contribution in [0.3, 0.4) is 0 Å². The van der Waals surface area contributed by atoms with Gasteiger partial charge in [0.2, 0.25) is 0 Å². The zero-order valence-corrected chi connectivity index (χ0v) is 11.2. The molecule has 94 valence electrons. The van der Waals surface area contributed by atoms with Crippen molar-refractivity contribution in [1.29, 1.82) is 0 Å². The predicted octanol–water partition coefficient (Wildman–Crippen LogP) is 3.70. The van der Waals surface area contributed by atoms with E-state index in [1.54, 1.807) is 19.1 Å². The summed E-state index contributed by atoms with van der Waals surface area (Å²) in [5.74, 6) is -1.01. The minimum atomic E-state index is -0.538. The fourth-order valence-electron chi connectivity index (χ4n) is 1.46. The molecule has 0 atom stereocenters. The van der Waals surface area contributed by atoms with Gasteiger partial charge in [-0.2, -0.15) is 0 Å². The summed E-state index contributed by atoms with van der Waals surface area (Å²) >= 11 is 6.79. The molecule has 0 amide bonds. The molecule has 0 spiro atoms. The van der Waals surface area contributed by atoms with Gasteiger partial charge in [-0.15, -0.1) is 11.3 Å². The number of carbonyl (C=O) groups excluding carboxylic acids is 1. The quantitative estimate of drug-likeness (QED) is 0.790. The van der Waals surface area contributed by atoms with Crippen molar-refractivity contribution in [2.24, 2.45) is 0 Å². The molecule has 2 aromatic rings. The van der Waals surface area contributed by atoms with Gasteiger partial charge >= 0.3 is 5.97 Å². The van der Waals surface area contributed by atoms with E-state index >= 15 is 0 Å². The summed E-state index contributed by atoms with van der Waals surface area (Å²) in [6, 6.07) is 4.66.